The van der Waals surface area contributed by atoms with Crippen LogP contribution in [0.4, 0.5) is 0 Å². The van der Waals surface area contributed by atoms with Crippen molar-refractivity contribution in [1.82, 2.24) is 0 Å². The molecule has 3 aliphatic carbocycles. The van der Waals surface area contributed by atoms with E-state index in [1.165, 1.54) is 32.2 Å². The zero-order valence-corrected chi connectivity index (χ0v) is 11.8. The van der Waals surface area contributed by atoms with Gasteiger partial charge in [0, 0.05) is 12.8 Å². The van der Waals surface area contributed by atoms with Crippen molar-refractivity contribution < 1.29 is 14.6 Å². The minimum atomic E-state index is -0.0145. The normalized spacial score (nSPS) is 53.2. The summed E-state index contributed by atoms with van der Waals surface area (Å²) in [7, 11) is 0.0534. The molecular weight excluding hydrogens is 225 g/mol. The second kappa shape index (κ2) is 3.53. The maximum atomic E-state index is 6.47. The Bertz CT molecular complexity index is 369. The third-order valence-corrected chi connectivity index (χ3v) is 6.53. The van der Waals surface area contributed by atoms with Crippen LogP contribution in [0, 0.1) is 17.3 Å². The minimum absolute atomic E-state index is 0.0145. The van der Waals surface area contributed by atoms with Crippen LogP contribution < -0.4 is 5.32 Å². The number of quaternary nitrogens is 1. The predicted molar refractivity (Wildman–Crippen MR) is 69.9 cm³/mol. The Balaban J connectivity index is 1.57. The highest BCUT2D eigenvalue weighted by atomic mass is 16.7. The Morgan fingerprint density at radius 2 is 2.06 bits per heavy atom. The van der Waals surface area contributed by atoms with Crippen LogP contribution in [0.3, 0.4) is 0 Å². The van der Waals surface area contributed by atoms with Crippen molar-refractivity contribution in [1.29, 1.82) is 0 Å². The van der Waals surface area contributed by atoms with E-state index in [0.717, 1.165) is 5.92 Å². The highest BCUT2D eigenvalue weighted by molar-refractivity contribution is 6.46. The van der Waals surface area contributed by atoms with Crippen molar-refractivity contribution in [3.63, 3.8) is 0 Å². The molecular formula is C14H25BNO2+. The molecule has 2 N–H and O–H groups in total. The molecule has 2 heterocycles. The standard InChI is InChI=1S/C14H24BNO2/c1-13(2)9-7-10(13)14(3)11(8-9)17-15(18-14)12-5-4-6-16-12/h9-12,16H,4-8H2,1-3H3/p+1/t9-,10-,11+,12-,14-/m0/s1. The highest BCUT2D eigenvalue weighted by Crippen LogP contribution is 2.65. The van der Waals surface area contributed by atoms with Crippen molar-refractivity contribution >= 4 is 7.12 Å². The van der Waals surface area contributed by atoms with Gasteiger partial charge < -0.3 is 14.6 Å². The molecule has 0 spiro atoms. The molecule has 5 fully saturated rings. The van der Waals surface area contributed by atoms with Crippen molar-refractivity contribution in [3.8, 4) is 0 Å². The lowest BCUT2D eigenvalue weighted by Gasteiger charge is -2.64. The largest absolute Gasteiger partial charge is 0.521 e. The summed E-state index contributed by atoms with van der Waals surface area (Å²) in [6, 6.07) is 0. The first-order chi connectivity index (χ1) is 8.52. The third-order valence-electron chi connectivity index (χ3n) is 6.53. The Labute approximate surface area is 110 Å². The molecule has 5 aliphatic rings. The number of rotatable bonds is 1. The van der Waals surface area contributed by atoms with Crippen LogP contribution in [0.1, 0.15) is 46.5 Å². The van der Waals surface area contributed by atoms with Gasteiger partial charge in [-0.2, -0.15) is 0 Å². The van der Waals surface area contributed by atoms with Crippen LogP contribution in [-0.2, 0) is 9.31 Å². The van der Waals surface area contributed by atoms with Crippen LogP contribution in [0.15, 0.2) is 0 Å². The van der Waals surface area contributed by atoms with E-state index in [1.54, 1.807) is 0 Å². The average molecular weight is 250 g/mol. The van der Waals surface area contributed by atoms with Gasteiger partial charge in [0.25, 0.3) is 0 Å². The summed E-state index contributed by atoms with van der Waals surface area (Å²) in [4.78, 5) is 0. The number of hydrogen-bond donors (Lipinski definition) is 1. The Kier molecular flexibility index (Phi) is 2.30. The van der Waals surface area contributed by atoms with Gasteiger partial charge in [0.15, 0.2) is 0 Å². The first kappa shape index (κ1) is 11.7. The number of nitrogens with two attached hydrogens (primary N) is 1. The zero-order chi connectivity index (χ0) is 12.5. The molecule has 2 bridgehead atoms. The summed E-state index contributed by atoms with van der Waals surface area (Å²) in [5.41, 5.74) is 0.447. The first-order valence-corrected chi connectivity index (χ1v) is 7.68. The van der Waals surface area contributed by atoms with Gasteiger partial charge in [-0.05, 0) is 37.0 Å². The lowest BCUT2D eigenvalue weighted by Crippen LogP contribution is -2.90. The lowest BCUT2D eigenvalue weighted by molar-refractivity contribution is -0.655. The summed E-state index contributed by atoms with van der Waals surface area (Å²) >= 11 is 0. The van der Waals surface area contributed by atoms with E-state index < -0.39 is 0 Å². The van der Waals surface area contributed by atoms with Crippen LogP contribution in [0.5, 0.6) is 0 Å². The summed E-state index contributed by atoms with van der Waals surface area (Å²) in [6.07, 6.45) is 5.49. The molecule has 0 amide bonds. The van der Waals surface area contributed by atoms with E-state index in [0.29, 0.717) is 23.4 Å². The quantitative estimate of drug-likeness (QED) is 0.704. The molecule has 0 radical (unpaired) electrons. The van der Waals surface area contributed by atoms with Crippen LogP contribution >= 0.6 is 0 Å². The molecule has 18 heavy (non-hydrogen) atoms. The monoisotopic (exact) mass is 250 g/mol. The Hall–Kier alpha value is -0.0551. The lowest BCUT2D eigenvalue weighted by atomic mass is 9.43. The SMILES string of the molecule is CC1(C)[C@@H]2C[C@H]3OB([C@@H]4CCC[NH2+]4)O[C@@]3(C)[C@H]1C2. The van der Waals surface area contributed by atoms with Gasteiger partial charge in [0.2, 0.25) is 0 Å². The molecule has 0 aromatic rings. The molecule has 5 atom stereocenters. The second-order valence-electron chi connectivity index (χ2n) is 7.67. The van der Waals surface area contributed by atoms with Gasteiger partial charge in [0.1, 0.15) is 5.94 Å². The molecule has 100 valence electrons. The molecule has 0 aromatic carbocycles. The Morgan fingerprint density at radius 1 is 1.22 bits per heavy atom. The highest BCUT2D eigenvalue weighted by Gasteiger charge is 2.69. The summed E-state index contributed by atoms with van der Waals surface area (Å²) in [5, 5.41) is 2.42. The maximum absolute atomic E-state index is 6.47. The van der Waals surface area contributed by atoms with Gasteiger partial charge in [-0.1, -0.05) is 13.8 Å². The molecule has 0 unspecified atom stereocenters. The fraction of sp³-hybridized carbons (Fsp3) is 1.00. The number of hydrogen-bond acceptors (Lipinski definition) is 2. The first-order valence-electron chi connectivity index (χ1n) is 7.68. The second-order valence-corrected chi connectivity index (χ2v) is 7.67. The molecule has 5 rings (SSSR count). The van der Waals surface area contributed by atoms with Crippen molar-refractivity contribution in [2.45, 2.75) is 64.1 Å². The zero-order valence-electron chi connectivity index (χ0n) is 11.8. The predicted octanol–water partition coefficient (Wildman–Crippen LogP) is 0.980. The van der Waals surface area contributed by atoms with Crippen LogP contribution in [0.25, 0.3) is 0 Å². The van der Waals surface area contributed by atoms with Crippen LogP contribution in [0.2, 0.25) is 0 Å². The molecule has 2 saturated heterocycles. The maximum Gasteiger partial charge on any atom is 0.521 e. The third kappa shape index (κ3) is 1.32. The van der Waals surface area contributed by atoms with E-state index in [-0.39, 0.29) is 12.7 Å². The van der Waals surface area contributed by atoms with Crippen LogP contribution in [-0.4, -0.2) is 31.3 Å². The topological polar surface area (TPSA) is 35.1 Å². The molecule has 3 nitrogen and oxygen atoms in total. The average Bonchev–Trinajstić information content (AvgIpc) is 2.92. The smallest absolute Gasteiger partial charge is 0.401 e. The van der Waals surface area contributed by atoms with E-state index in [9.17, 15) is 0 Å². The van der Waals surface area contributed by atoms with Gasteiger partial charge in [-0.25, -0.2) is 0 Å². The van der Waals surface area contributed by atoms with Crippen molar-refractivity contribution in [2.24, 2.45) is 17.3 Å². The van der Waals surface area contributed by atoms with Gasteiger partial charge >= 0.3 is 7.12 Å². The fourth-order valence-corrected chi connectivity index (χ4v) is 5.13. The summed E-state index contributed by atoms with van der Waals surface area (Å²) in [5.74, 6) is 2.10. The van der Waals surface area contributed by atoms with Gasteiger partial charge in [-0.3, -0.25) is 0 Å². The van der Waals surface area contributed by atoms with Gasteiger partial charge in [-0.15, -0.1) is 0 Å². The molecule has 4 heteroatoms. The van der Waals surface area contributed by atoms with Gasteiger partial charge in [0.05, 0.1) is 18.2 Å². The van der Waals surface area contributed by atoms with E-state index >= 15 is 0 Å². The minimum Gasteiger partial charge on any atom is -0.401 e. The van der Waals surface area contributed by atoms with Crippen molar-refractivity contribution in [2.75, 3.05) is 6.54 Å². The Morgan fingerprint density at radius 3 is 2.72 bits per heavy atom. The molecule has 2 aliphatic heterocycles. The summed E-state index contributed by atoms with van der Waals surface area (Å²) < 4.78 is 12.8. The molecule has 0 aromatic heterocycles. The van der Waals surface area contributed by atoms with Crippen molar-refractivity contribution in [3.05, 3.63) is 0 Å². The van der Waals surface area contributed by atoms with E-state index in [2.05, 4.69) is 26.1 Å². The van der Waals surface area contributed by atoms with E-state index in [4.69, 9.17) is 9.31 Å². The fourth-order valence-electron chi connectivity index (χ4n) is 5.13. The summed E-state index contributed by atoms with van der Waals surface area (Å²) in [6.45, 7) is 8.40. The van der Waals surface area contributed by atoms with E-state index in [1.807, 2.05) is 0 Å². The molecule has 3 saturated carbocycles.